The fourth-order valence-corrected chi connectivity index (χ4v) is 3.64. The van der Waals surface area contributed by atoms with Gasteiger partial charge >= 0.3 is 0 Å². The molecule has 6 heteroatoms. The van der Waals surface area contributed by atoms with Crippen LogP contribution in [-0.2, 0) is 12.5 Å². The summed E-state index contributed by atoms with van der Waals surface area (Å²) in [5, 5.41) is 12.6. The number of hydrogen-bond donors (Lipinski definition) is 1. The molecule has 108 valence electrons. The van der Waals surface area contributed by atoms with Gasteiger partial charge in [-0.05, 0) is 22.4 Å². The largest absolute Gasteiger partial charge is 0.369 e. The molecule has 5 nitrogen and oxygen atoms in total. The van der Waals surface area contributed by atoms with Gasteiger partial charge in [0.15, 0.2) is 0 Å². The molecule has 3 rings (SSSR count). The Kier molecular flexibility index (Phi) is 3.16. The van der Waals surface area contributed by atoms with E-state index in [1.807, 2.05) is 17.9 Å². The zero-order valence-electron chi connectivity index (χ0n) is 12.3. The first-order valence-corrected chi connectivity index (χ1v) is 7.68. The van der Waals surface area contributed by atoms with Gasteiger partial charge in [-0.1, -0.05) is 20.8 Å². The number of fused-ring (bicyclic) bond motifs is 1. The Bertz CT molecular complexity index is 635. The Morgan fingerprint density at radius 1 is 1.40 bits per heavy atom. The van der Waals surface area contributed by atoms with Crippen LogP contribution < -0.4 is 5.32 Å². The van der Waals surface area contributed by atoms with Gasteiger partial charge < -0.3 is 5.32 Å². The van der Waals surface area contributed by atoms with Crippen molar-refractivity contribution in [1.29, 1.82) is 0 Å². The molecule has 0 bridgehead atoms. The van der Waals surface area contributed by atoms with Gasteiger partial charge in [-0.2, -0.15) is 10.2 Å². The van der Waals surface area contributed by atoms with Gasteiger partial charge in [-0.3, -0.25) is 4.68 Å². The van der Waals surface area contributed by atoms with Gasteiger partial charge in [0.25, 0.3) is 0 Å². The molecule has 0 aliphatic carbocycles. The number of rotatable bonds is 1. The Labute approximate surface area is 127 Å². The van der Waals surface area contributed by atoms with E-state index < -0.39 is 0 Å². The van der Waals surface area contributed by atoms with Crippen molar-refractivity contribution in [1.82, 2.24) is 19.6 Å². The Hall–Kier alpha value is -1.30. The Balaban J connectivity index is 2.09. The number of aromatic nitrogens is 4. The van der Waals surface area contributed by atoms with E-state index >= 15 is 0 Å². The lowest BCUT2D eigenvalue weighted by Crippen LogP contribution is -2.24. The van der Waals surface area contributed by atoms with Crippen molar-refractivity contribution >= 4 is 21.7 Å². The number of halogens is 1. The minimum Gasteiger partial charge on any atom is -0.369 e. The monoisotopic (exact) mass is 337 g/mol. The lowest BCUT2D eigenvalue weighted by Gasteiger charge is -2.25. The second-order valence-electron chi connectivity index (χ2n) is 6.38. The first-order valence-electron chi connectivity index (χ1n) is 6.89. The van der Waals surface area contributed by atoms with Crippen LogP contribution in [0.1, 0.15) is 44.5 Å². The Morgan fingerprint density at radius 3 is 2.75 bits per heavy atom. The predicted molar refractivity (Wildman–Crippen MR) is 83.1 cm³/mol. The summed E-state index contributed by atoms with van der Waals surface area (Å²) in [6.45, 7) is 7.51. The van der Waals surface area contributed by atoms with E-state index in [9.17, 15) is 0 Å². The van der Waals surface area contributed by atoms with E-state index in [2.05, 4.69) is 58.0 Å². The highest BCUT2D eigenvalue weighted by Crippen LogP contribution is 2.39. The minimum absolute atomic E-state index is 0.0182. The number of nitrogens with one attached hydrogen (secondary N) is 1. The molecule has 1 aliphatic rings. The standard InChI is InChI=1S/C14H20BrN5/c1-14(2,3)12-11(15)13-16-6-5-10(20(13)18-12)9-7-17-19(4)8-9/h7-8,10,16H,5-6H2,1-4H3. The van der Waals surface area contributed by atoms with Gasteiger partial charge in [-0.15, -0.1) is 0 Å². The summed E-state index contributed by atoms with van der Waals surface area (Å²) < 4.78 is 5.03. The second kappa shape index (κ2) is 4.62. The summed E-state index contributed by atoms with van der Waals surface area (Å²) in [6.07, 6.45) is 5.04. The number of aryl methyl sites for hydroxylation is 1. The number of anilines is 1. The maximum Gasteiger partial charge on any atom is 0.139 e. The van der Waals surface area contributed by atoms with Crippen LogP contribution in [0.3, 0.4) is 0 Å². The average Bonchev–Trinajstić information content (AvgIpc) is 2.93. The lowest BCUT2D eigenvalue weighted by atomic mass is 9.92. The summed E-state index contributed by atoms with van der Waals surface area (Å²) in [5.74, 6) is 1.08. The van der Waals surface area contributed by atoms with Crippen LogP contribution in [0.2, 0.25) is 0 Å². The third-order valence-corrected chi connectivity index (χ3v) is 4.43. The molecule has 1 N–H and O–H groups in total. The molecule has 1 unspecified atom stereocenters. The van der Waals surface area contributed by atoms with Gasteiger partial charge in [0, 0.05) is 30.8 Å². The summed E-state index contributed by atoms with van der Waals surface area (Å²) in [6, 6.07) is 0.257. The molecule has 0 saturated heterocycles. The van der Waals surface area contributed by atoms with Crippen LogP contribution in [0.5, 0.6) is 0 Å². The third-order valence-electron chi connectivity index (χ3n) is 3.68. The maximum atomic E-state index is 4.86. The van der Waals surface area contributed by atoms with Crippen LogP contribution in [-0.4, -0.2) is 26.1 Å². The van der Waals surface area contributed by atoms with Crippen molar-refractivity contribution in [2.75, 3.05) is 11.9 Å². The van der Waals surface area contributed by atoms with Crippen LogP contribution >= 0.6 is 15.9 Å². The van der Waals surface area contributed by atoms with E-state index in [1.54, 1.807) is 0 Å². The zero-order chi connectivity index (χ0) is 14.5. The molecule has 0 spiro atoms. The van der Waals surface area contributed by atoms with Gasteiger partial charge in [0.1, 0.15) is 5.82 Å². The Morgan fingerprint density at radius 2 is 2.15 bits per heavy atom. The molecule has 2 aromatic heterocycles. The fourth-order valence-electron chi connectivity index (χ4n) is 2.65. The van der Waals surface area contributed by atoms with Crippen LogP contribution in [0.4, 0.5) is 5.82 Å². The SMILES string of the molecule is Cn1cc(C2CCNc3c(Br)c(C(C)(C)C)nn32)cn1. The summed E-state index contributed by atoms with van der Waals surface area (Å²) in [4.78, 5) is 0. The molecule has 1 aliphatic heterocycles. The van der Waals surface area contributed by atoms with E-state index in [1.165, 1.54) is 5.56 Å². The third kappa shape index (κ3) is 2.16. The highest BCUT2D eigenvalue weighted by Gasteiger charge is 2.31. The van der Waals surface area contributed by atoms with Crippen molar-refractivity contribution in [3.8, 4) is 0 Å². The summed E-state index contributed by atoms with van der Waals surface area (Å²) in [7, 11) is 1.95. The van der Waals surface area contributed by atoms with Crippen LogP contribution in [0.25, 0.3) is 0 Å². The summed E-state index contributed by atoms with van der Waals surface area (Å²) >= 11 is 3.71. The van der Waals surface area contributed by atoms with E-state index in [0.29, 0.717) is 0 Å². The highest BCUT2D eigenvalue weighted by atomic mass is 79.9. The molecular weight excluding hydrogens is 318 g/mol. The normalized spacial score (nSPS) is 18.8. The molecule has 2 aromatic rings. The highest BCUT2D eigenvalue weighted by molar-refractivity contribution is 9.10. The molecule has 0 amide bonds. The molecular formula is C14H20BrN5. The van der Waals surface area contributed by atoms with Crippen molar-refractivity contribution in [3.63, 3.8) is 0 Å². The topological polar surface area (TPSA) is 47.7 Å². The van der Waals surface area contributed by atoms with E-state index in [-0.39, 0.29) is 11.5 Å². The molecule has 0 radical (unpaired) electrons. The fraction of sp³-hybridized carbons (Fsp3) is 0.571. The molecule has 3 heterocycles. The molecule has 0 saturated carbocycles. The zero-order valence-corrected chi connectivity index (χ0v) is 13.9. The molecule has 0 aromatic carbocycles. The van der Waals surface area contributed by atoms with Gasteiger partial charge in [0.05, 0.1) is 22.4 Å². The van der Waals surface area contributed by atoms with Crippen molar-refractivity contribution < 1.29 is 0 Å². The van der Waals surface area contributed by atoms with Gasteiger partial charge in [-0.25, -0.2) is 4.68 Å². The lowest BCUT2D eigenvalue weighted by molar-refractivity contribution is 0.462. The van der Waals surface area contributed by atoms with Crippen LogP contribution in [0, 0.1) is 0 Å². The van der Waals surface area contributed by atoms with E-state index in [4.69, 9.17) is 5.10 Å². The first-order chi connectivity index (χ1) is 9.38. The smallest absolute Gasteiger partial charge is 0.139 e. The average molecular weight is 338 g/mol. The van der Waals surface area contributed by atoms with Gasteiger partial charge in [0.2, 0.25) is 0 Å². The molecule has 20 heavy (non-hydrogen) atoms. The van der Waals surface area contributed by atoms with Crippen molar-refractivity contribution in [2.45, 2.75) is 38.6 Å². The number of hydrogen-bond acceptors (Lipinski definition) is 3. The first kappa shape index (κ1) is 13.7. The molecule has 0 fully saturated rings. The van der Waals surface area contributed by atoms with E-state index in [0.717, 1.165) is 29.0 Å². The predicted octanol–water partition coefficient (Wildman–Crippen LogP) is 3.08. The minimum atomic E-state index is 0.0182. The maximum absolute atomic E-state index is 4.86. The second-order valence-corrected chi connectivity index (χ2v) is 7.18. The van der Waals surface area contributed by atoms with Crippen LogP contribution in [0.15, 0.2) is 16.9 Å². The van der Waals surface area contributed by atoms with Crippen molar-refractivity contribution in [3.05, 3.63) is 28.1 Å². The number of nitrogens with zero attached hydrogens (tertiary/aromatic N) is 4. The molecule has 1 atom stereocenters. The summed E-state index contributed by atoms with van der Waals surface area (Å²) in [5.41, 5.74) is 2.33. The van der Waals surface area contributed by atoms with Crippen molar-refractivity contribution in [2.24, 2.45) is 7.05 Å². The quantitative estimate of drug-likeness (QED) is 0.869.